The minimum Gasteiger partial charge on any atom is -0.398 e. The van der Waals surface area contributed by atoms with Crippen LogP contribution < -0.4 is 5.73 Å². The number of nitrogens with zero attached hydrogens (tertiary/aromatic N) is 1. The fourth-order valence-electron chi connectivity index (χ4n) is 2.07. The third kappa shape index (κ3) is 4.51. The van der Waals surface area contributed by atoms with Gasteiger partial charge in [-0.2, -0.15) is 0 Å². The fraction of sp³-hybridized carbons (Fsp3) is 0.571. The molecule has 0 heterocycles. The summed E-state index contributed by atoms with van der Waals surface area (Å²) in [6, 6.07) is 7.08. The molecule has 0 saturated heterocycles. The normalized spacial score (nSPS) is 14.0. The predicted octanol–water partition coefficient (Wildman–Crippen LogP) is 2.46. The third-order valence-electron chi connectivity index (χ3n) is 3.27. The van der Waals surface area contributed by atoms with Gasteiger partial charge in [-0.15, -0.1) is 0 Å². The standard InChI is InChI=1S/C14H24N2O2S/c1-11(2)9-12(3)16(4)19(17,18)10-13-7-5-6-8-14(13)15/h5-8,11-12H,9-10,15H2,1-4H3. The fourth-order valence-corrected chi connectivity index (χ4v) is 3.56. The van der Waals surface area contributed by atoms with Crippen molar-refractivity contribution in [2.75, 3.05) is 12.8 Å². The first-order valence-electron chi connectivity index (χ1n) is 6.53. The average molecular weight is 284 g/mol. The summed E-state index contributed by atoms with van der Waals surface area (Å²) in [5.74, 6) is 0.424. The van der Waals surface area contributed by atoms with Crippen LogP contribution in [0.5, 0.6) is 0 Å². The van der Waals surface area contributed by atoms with Crippen molar-refractivity contribution in [3.05, 3.63) is 29.8 Å². The molecular formula is C14H24N2O2S. The van der Waals surface area contributed by atoms with Gasteiger partial charge in [0.15, 0.2) is 0 Å². The van der Waals surface area contributed by atoms with Crippen molar-refractivity contribution in [3.8, 4) is 0 Å². The highest BCUT2D eigenvalue weighted by Crippen LogP contribution is 2.19. The van der Waals surface area contributed by atoms with E-state index in [1.165, 1.54) is 4.31 Å². The molecule has 0 amide bonds. The Balaban J connectivity index is 2.84. The van der Waals surface area contributed by atoms with E-state index in [0.29, 0.717) is 17.2 Å². The number of nitrogen functional groups attached to an aromatic ring is 1. The largest absolute Gasteiger partial charge is 0.398 e. The maximum atomic E-state index is 12.3. The molecule has 1 unspecified atom stereocenters. The van der Waals surface area contributed by atoms with E-state index in [9.17, 15) is 8.42 Å². The van der Waals surface area contributed by atoms with Crippen LogP contribution in [0.15, 0.2) is 24.3 Å². The summed E-state index contributed by atoms with van der Waals surface area (Å²) < 4.78 is 26.1. The molecule has 0 radical (unpaired) electrons. The Bertz CT molecular complexity index is 512. The van der Waals surface area contributed by atoms with Crippen LogP contribution in [-0.4, -0.2) is 25.8 Å². The zero-order valence-electron chi connectivity index (χ0n) is 12.1. The van der Waals surface area contributed by atoms with Crippen LogP contribution in [0.3, 0.4) is 0 Å². The van der Waals surface area contributed by atoms with E-state index in [0.717, 1.165) is 6.42 Å². The van der Waals surface area contributed by atoms with Gasteiger partial charge in [-0.25, -0.2) is 12.7 Å². The first-order valence-corrected chi connectivity index (χ1v) is 8.14. The van der Waals surface area contributed by atoms with E-state index in [-0.39, 0.29) is 11.8 Å². The van der Waals surface area contributed by atoms with Crippen molar-refractivity contribution in [1.82, 2.24) is 4.31 Å². The van der Waals surface area contributed by atoms with Crippen molar-refractivity contribution in [1.29, 1.82) is 0 Å². The van der Waals surface area contributed by atoms with Crippen LogP contribution in [0, 0.1) is 5.92 Å². The van der Waals surface area contributed by atoms with E-state index < -0.39 is 10.0 Å². The highest BCUT2D eigenvalue weighted by atomic mass is 32.2. The Morgan fingerprint density at radius 3 is 2.32 bits per heavy atom. The van der Waals surface area contributed by atoms with Gasteiger partial charge in [0.25, 0.3) is 0 Å². The molecule has 1 aromatic carbocycles. The lowest BCUT2D eigenvalue weighted by molar-refractivity contribution is 0.337. The molecule has 0 aliphatic rings. The number of hydrogen-bond acceptors (Lipinski definition) is 3. The van der Waals surface area contributed by atoms with Crippen LogP contribution in [0.4, 0.5) is 5.69 Å². The second-order valence-electron chi connectivity index (χ2n) is 5.45. The quantitative estimate of drug-likeness (QED) is 0.816. The van der Waals surface area contributed by atoms with Gasteiger partial charge < -0.3 is 5.73 Å². The van der Waals surface area contributed by atoms with Crippen LogP contribution >= 0.6 is 0 Å². The summed E-state index contributed by atoms with van der Waals surface area (Å²) in [6.45, 7) is 6.12. The molecule has 1 rings (SSSR count). The van der Waals surface area contributed by atoms with Gasteiger partial charge in [0, 0.05) is 18.8 Å². The molecule has 0 aromatic heterocycles. The highest BCUT2D eigenvalue weighted by Gasteiger charge is 2.24. The molecule has 0 spiro atoms. The van der Waals surface area contributed by atoms with Crippen molar-refractivity contribution in [2.24, 2.45) is 5.92 Å². The van der Waals surface area contributed by atoms with Gasteiger partial charge >= 0.3 is 0 Å². The number of para-hydroxylation sites is 1. The average Bonchev–Trinajstić information content (AvgIpc) is 2.30. The lowest BCUT2D eigenvalue weighted by atomic mass is 10.1. The molecule has 0 aliphatic carbocycles. The summed E-state index contributed by atoms with van der Waals surface area (Å²) in [7, 11) is -1.69. The van der Waals surface area contributed by atoms with Gasteiger partial charge in [0.05, 0.1) is 5.75 Å². The lowest BCUT2D eigenvalue weighted by Crippen LogP contribution is -2.36. The number of hydrogen-bond donors (Lipinski definition) is 1. The van der Waals surface area contributed by atoms with E-state index in [2.05, 4.69) is 13.8 Å². The Morgan fingerprint density at radius 1 is 1.21 bits per heavy atom. The lowest BCUT2D eigenvalue weighted by Gasteiger charge is -2.25. The van der Waals surface area contributed by atoms with Crippen LogP contribution in [-0.2, 0) is 15.8 Å². The first kappa shape index (κ1) is 16.0. The molecule has 5 heteroatoms. The van der Waals surface area contributed by atoms with E-state index in [1.54, 1.807) is 31.3 Å². The summed E-state index contributed by atoms with van der Waals surface area (Å²) in [5.41, 5.74) is 6.98. The topological polar surface area (TPSA) is 63.4 Å². The summed E-state index contributed by atoms with van der Waals surface area (Å²) in [4.78, 5) is 0. The van der Waals surface area contributed by atoms with Crippen molar-refractivity contribution < 1.29 is 8.42 Å². The summed E-state index contributed by atoms with van der Waals surface area (Å²) in [6.07, 6.45) is 0.847. The first-order chi connectivity index (χ1) is 8.74. The van der Waals surface area contributed by atoms with Crippen LogP contribution in [0.25, 0.3) is 0 Å². The van der Waals surface area contributed by atoms with Crippen molar-refractivity contribution in [2.45, 2.75) is 39.0 Å². The van der Waals surface area contributed by atoms with Gasteiger partial charge in [-0.3, -0.25) is 0 Å². The molecule has 0 bridgehead atoms. The molecule has 4 nitrogen and oxygen atoms in total. The minimum absolute atomic E-state index is 0.00469. The van der Waals surface area contributed by atoms with Crippen LogP contribution in [0.2, 0.25) is 0 Å². The second-order valence-corrected chi connectivity index (χ2v) is 7.48. The maximum Gasteiger partial charge on any atom is 0.218 e. The molecule has 2 N–H and O–H groups in total. The molecule has 1 atom stereocenters. The monoisotopic (exact) mass is 284 g/mol. The summed E-state index contributed by atoms with van der Waals surface area (Å²) >= 11 is 0. The number of sulfonamides is 1. The number of rotatable bonds is 6. The number of nitrogens with two attached hydrogens (primary N) is 1. The highest BCUT2D eigenvalue weighted by molar-refractivity contribution is 7.88. The molecule has 108 valence electrons. The van der Waals surface area contributed by atoms with E-state index in [1.807, 2.05) is 6.92 Å². The Morgan fingerprint density at radius 2 is 1.79 bits per heavy atom. The Kier molecular flexibility index (Phi) is 5.38. The summed E-state index contributed by atoms with van der Waals surface area (Å²) in [5, 5.41) is 0. The minimum atomic E-state index is -3.33. The predicted molar refractivity (Wildman–Crippen MR) is 80.2 cm³/mol. The molecule has 0 fully saturated rings. The van der Waals surface area contributed by atoms with Gasteiger partial charge in [-0.1, -0.05) is 32.0 Å². The van der Waals surface area contributed by atoms with Crippen molar-refractivity contribution >= 4 is 15.7 Å². The molecule has 0 saturated carbocycles. The van der Waals surface area contributed by atoms with E-state index >= 15 is 0 Å². The van der Waals surface area contributed by atoms with Gasteiger partial charge in [-0.05, 0) is 30.9 Å². The smallest absolute Gasteiger partial charge is 0.218 e. The van der Waals surface area contributed by atoms with Crippen molar-refractivity contribution in [3.63, 3.8) is 0 Å². The molecular weight excluding hydrogens is 260 g/mol. The maximum absolute atomic E-state index is 12.3. The second kappa shape index (κ2) is 6.39. The molecule has 19 heavy (non-hydrogen) atoms. The van der Waals surface area contributed by atoms with Gasteiger partial charge in [0.2, 0.25) is 10.0 Å². The van der Waals surface area contributed by atoms with E-state index in [4.69, 9.17) is 5.73 Å². The van der Waals surface area contributed by atoms with Crippen LogP contribution in [0.1, 0.15) is 32.8 Å². The zero-order chi connectivity index (χ0) is 14.6. The number of benzene rings is 1. The van der Waals surface area contributed by atoms with Gasteiger partial charge in [0.1, 0.15) is 0 Å². The number of anilines is 1. The SMILES string of the molecule is CC(C)CC(C)N(C)S(=O)(=O)Cc1ccccc1N. The zero-order valence-corrected chi connectivity index (χ0v) is 12.9. The molecule has 1 aromatic rings. The Labute approximate surface area is 116 Å². The third-order valence-corrected chi connectivity index (χ3v) is 5.18. The molecule has 0 aliphatic heterocycles. The Hall–Kier alpha value is -1.07.